The molecule has 0 fully saturated rings. The molecule has 1 aromatic heterocycles. The predicted octanol–water partition coefficient (Wildman–Crippen LogP) is 3.07. The van der Waals surface area contributed by atoms with E-state index in [0.29, 0.717) is 11.2 Å². The fourth-order valence-corrected chi connectivity index (χ4v) is 1.85. The van der Waals surface area contributed by atoms with E-state index in [1.807, 2.05) is 6.07 Å². The molecule has 0 bridgehead atoms. The molecule has 3 rings (SSSR count). The quantitative estimate of drug-likeness (QED) is 0.672. The van der Waals surface area contributed by atoms with Crippen LogP contribution in [0, 0.1) is 5.82 Å². The van der Waals surface area contributed by atoms with Gasteiger partial charge in [-0.15, -0.1) is 0 Å². The minimum atomic E-state index is -0.281. The van der Waals surface area contributed by atoms with Gasteiger partial charge in [0.1, 0.15) is 22.8 Å². The Morgan fingerprint density at radius 1 is 1.06 bits per heavy atom. The summed E-state index contributed by atoms with van der Waals surface area (Å²) in [5, 5.41) is 17.4. The maximum atomic E-state index is 12.8. The maximum Gasteiger partial charge on any atom is 0.141 e. The summed E-state index contributed by atoms with van der Waals surface area (Å²) in [6.45, 7) is 0. The summed E-state index contributed by atoms with van der Waals surface area (Å²) < 4.78 is 12.8. The number of halogens is 1. The second-order valence-electron chi connectivity index (χ2n) is 3.78. The van der Waals surface area contributed by atoms with Gasteiger partial charge in [0, 0.05) is 10.9 Å². The highest BCUT2D eigenvalue weighted by Gasteiger charge is 2.10. The standard InChI is InChI=1S/C13H9FN2O/c14-9-6-4-8(5-7-9)12-10-2-1-3-11(17)13(10)16-15-12/h1-7,17H,(H,15,16). The Morgan fingerprint density at radius 3 is 2.59 bits per heavy atom. The van der Waals surface area contributed by atoms with Crippen molar-refractivity contribution in [2.24, 2.45) is 0 Å². The van der Waals surface area contributed by atoms with Crippen molar-refractivity contribution in [1.82, 2.24) is 10.2 Å². The third-order valence-electron chi connectivity index (χ3n) is 2.69. The second-order valence-corrected chi connectivity index (χ2v) is 3.78. The molecule has 2 N–H and O–H groups in total. The lowest BCUT2D eigenvalue weighted by molar-refractivity contribution is 0.480. The molecule has 4 heteroatoms. The molecule has 0 unspecified atom stereocenters. The average molecular weight is 228 g/mol. The third kappa shape index (κ3) is 1.54. The van der Waals surface area contributed by atoms with E-state index in [2.05, 4.69) is 10.2 Å². The number of benzene rings is 2. The van der Waals surface area contributed by atoms with Gasteiger partial charge in [-0.2, -0.15) is 5.10 Å². The Morgan fingerprint density at radius 2 is 1.82 bits per heavy atom. The van der Waals surface area contributed by atoms with Gasteiger partial charge in [0.15, 0.2) is 0 Å². The SMILES string of the molecule is Oc1cccc2c(-c3ccc(F)cc3)n[nH]c12. The fourth-order valence-electron chi connectivity index (χ4n) is 1.85. The molecular weight excluding hydrogens is 219 g/mol. The zero-order valence-electron chi connectivity index (χ0n) is 8.81. The zero-order valence-corrected chi connectivity index (χ0v) is 8.81. The van der Waals surface area contributed by atoms with Gasteiger partial charge in [-0.25, -0.2) is 4.39 Å². The molecule has 0 aliphatic rings. The summed E-state index contributed by atoms with van der Waals surface area (Å²) in [6, 6.07) is 11.3. The summed E-state index contributed by atoms with van der Waals surface area (Å²) in [4.78, 5) is 0. The number of para-hydroxylation sites is 1. The molecule has 0 spiro atoms. The number of hydrogen-bond donors (Lipinski definition) is 2. The van der Waals surface area contributed by atoms with E-state index in [-0.39, 0.29) is 11.6 Å². The van der Waals surface area contributed by atoms with Crippen molar-refractivity contribution in [2.45, 2.75) is 0 Å². The Bertz CT molecular complexity index is 673. The molecule has 0 aliphatic heterocycles. The molecule has 2 aromatic carbocycles. The van der Waals surface area contributed by atoms with Gasteiger partial charge < -0.3 is 5.11 Å². The molecule has 3 nitrogen and oxygen atoms in total. The van der Waals surface area contributed by atoms with Crippen LogP contribution in [0.25, 0.3) is 22.2 Å². The zero-order chi connectivity index (χ0) is 11.8. The molecule has 0 aliphatic carbocycles. The monoisotopic (exact) mass is 228 g/mol. The van der Waals surface area contributed by atoms with E-state index < -0.39 is 0 Å². The number of aromatic amines is 1. The summed E-state index contributed by atoms with van der Waals surface area (Å²) in [7, 11) is 0. The van der Waals surface area contributed by atoms with E-state index in [9.17, 15) is 9.50 Å². The van der Waals surface area contributed by atoms with Crippen molar-refractivity contribution in [2.75, 3.05) is 0 Å². The molecule has 84 valence electrons. The Kier molecular flexibility index (Phi) is 2.08. The molecule has 17 heavy (non-hydrogen) atoms. The van der Waals surface area contributed by atoms with E-state index in [1.165, 1.54) is 12.1 Å². The van der Waals surface area contributed by atoms with Crippen molar-refractivity contribution in [3.8, 4) is 17.0 Å². The molecule has 0 saturated carbocycles. The largest absolute Gasteiger partial charge is 0.506 e. The lowest BCUT2D eigenvalue weighted by Crippen LogP contribution is -1.79. The van der Waals surface area contributed by atoms with Crippen LogP contribution < -0.4 is 0 Å². The maximum absolute atomic E-state index is 12.8. The summed E-state index contributed by atoms with van der Waals surface area (Å²) in [5.74, 6) is -0.125. The summed E-state index contributed by atoms with van der Waals surface area (Å²) in [6.07, 6.45) is 0. The van der Waals surface area contributed by atoms with Crippen LogP contribution in [0.15, 0.2) is 42.5 Å². The average Bonchev–Trinajstić information content (AvgIpc) is 2.75. The van der Waals surface area contributed by atoms with E-state index in [1.54, 1.807) is 24.3 Å². The van der Waals surface area contributed by atoms with Gasteiger partial charge >= 0.3 is 0 Å². The van der Waals surface area contributed by atoms with Crippen molar-refractivity contribution in [3.63, 3.8) is 0 Å². The minimum Gasteiger partial charge on any atom is -0.506 e. The molecular formula is C13H9FN2O. The van der Waals surface area contributed by atoms with Gasteiger partial charge in [-0.3, -0.25) is 5.10 Å². The van der Waals surface area contributed by atoms with Crippen LogP contribution in [-0.2, 0) is 0 Å². The second kappa shape index (κ2) is 3.59. The highest BCUT2D eigenvalue weighted by Crippen LogP contribution is 2.30. The molecule has 3 aromatic rings. The predicted molar refractivity (Wildman–Crippen MR) is 63.2 cm³/mol. The van der Waals surface area contributed by atoms with Gasteiger partial charge in [-0.05, 0) is 30.3 Å². The number of nitrogens with zero attached hydrogens (tertiary/aromatic N) is 1. The Labute approximate surface area is 96.5 Å². The first-order valence-electron chi connectivity index (χ1n) is 5.18. The van der Waals surface area contributed by atoms with Crippen LogP contribution in [0.2, 0.25) is 0 Å². The van der Waals surface area contributed by atoms with E-state index in [4.69, 9.17) is 0 Å². The number of phenols is 1. The van der Waals surface area contributed by atoms with Crippen LogP contribution in [0.3, 0.4) is 0 Å². The van der Waals surface area contributed by atoms with Gasteiger partial charge in [0.25, 0.3) is 0 Å². The van der Waals surface area contributed by atoms with E-state index >= 15 is 0 Å². The molecule has 1 heterocycles. The molecule has 0 amide bonds. The molecule has 0 saturated heterocycles. The summed E-state index contributed by atoms with van der Waals surface area (Å²) >= 11 is 0. The number of H-pyrrole nitrogens is 1. The summed E-state index contributed by atoms with van der Waals surface area (Å²) in [5.41, 5.74) is 2.10. The first-order valence-corrected chi connectivity index (χ1v) is 5.18. The number of phenolic OH excluding ortho intramolecular Hbond substituents is 1. The Hall–Kier alpha value is -2.36. The van der Waals surface area contributed by atoms with Crippen LogP contribution >= 0.6 is 0 Å². The number of rotatable bonds is 1. The first-order chi connectivity index (χ1) is 8.25. The molecule has 0 radical (unpaired) electrons. The minimum absolute atomic E-state index is 0.156. The van der Waals surface area contributed by atoms with Crippen LogP contribution in [0.1, 0.15) is 0 Å². The van der Waals surface area contributed by atoms with Gasteiger partial charge in [0.2, 0.25) is 0 Å². The molecule has 0 atom stereocenters. The van der Waals surface area contributed by atoms with Gasteiger partial charge in [0.05, 0.1) is 0 Å². The Balaban J connectivity index is 2.24. The number of nitrogens with one attached hydrogen (secondary N) is 1. The van der Waals surface area contributed by atoms with Crippen molar-refractivity contribution in [3.05, 3.63) is 48.3 Å². The number of fused-ring (bicyclic) bond motifs is 1. The smallest absolute Gasteiger partial charge is 0.141 e. The van der Waals surface area contributed by atoms with Gasteiger partial charge in [-0.1, -0.05) is 12.1 Å². The lowest BCUT2D eigenvalue weighted by Gasteiger charge is -1.98. The normalized spacial score (nSPS) is 10.9. The highest BCUT2D eigenvalue weighted by molar-refractivity contribution is 5.95. The highest BCUT2D eigenvalue weighted by atomic mass is 19.1. The first kappa shape index (κ1) is 9.84. The third-order valence-corrected chi connectivity index (χ3v) is 2.69. The van der Waals surface area contributed by atoms with Crippen LogP contribution in [0.4, 0.5) is 4.39 Å². The topological polar surface area (TPSA) is 48.9 Å². The fraction of sp³-hybridized carbons (Fsp3) is 0. The number of aromatic nitrogens is 2. The van der Waals surface area contributed by atoms with Crippen molar-refractivity contribution < 1.29 is 9.50 Å². The van der Waals surface area contributed by atoms with E-state index in [0.717, 1.165) is 10.9 Å². The number of hydrogen-bond acceptors (Lipinski definition) is 2. The van der Waals surface area contributed by atoms with Crippen LogP contribution in [-0.4, -0.2) is 15.3 Å². The van der Waals surface area contributed by atoms with Crippen molar-refractivity contribution in [1.29, 1.82) is 0 Å². The lowest BCUT2D eigenvalue weighted by atomic mass is 10.1. The number of aromatic hydroxyl groups is 1. The van der Waals surface area contributed by atoms with Crippen LogP contribution in [0.5, 0.6) is 5.75 Å². The van der Waals surface area contributed by atoms with Crippen molar-refractivity contribution >= 4 is 10.9 Å².